The Kier molecular flexibility index (Phi) is 7.72. The van der Waals surface area contributed by atoms with Crippen LogP contribution in [-0.2, 0) is 20.9 Å². The van der Waals surface area contributed by atoms with Gasteiger partial charge in [-0.1, -0.05) is 54.1 Å². The molecule has 0 aromatic heterocycles. The zero-order chi connectivity index (χ0) is 24.1. The van der Waals surface area contributed by atoms with E-state index in [1.165, 1.54) is 36.0 Å². The van der Waals surface area contributed by atoms with E-state index in [1.807, 2.05) is 37.3 Å². The minimum Gasteiger partial charge on any atom is -0.209 e. The smallest absolute Gasteiger partial charge is 0.209 e. The molecule has 0 heterocycles. The van der Waals surface area contributed by atoms with E-state index in [9.17, 15) is 21.6 Å². The number of hydrogen-bond acceptors (Lipinski definition) is 3. The molecule has 8 heteroatoms. The lowest BCUT2D eigenvalue weighted by Crippen LogP contribution is -2.38. The Bertz CT molecular complexity index is 1180. The van der Waals surface area contributed by atoms with Gasteiger partial charge in [0.05, 0.1) is 15.2 Å². The van der Waals surface area contributed by atoms with Gasteiger partial charge in [-0.05, 0) is 55.3 Å². The fourth-order valence-corrected chi connectivity index (χ4v) is 5.88. The topological polar surface area (TPSA) is 46.2 Å². The van der Waals surface area contributed by atoms with E-state index in [1.54, 1.807) is 18.2 Å². The van der Waals surface area contributed by atoms with Crippen LogP contribution >= 0.6 is 11.8 Å². The van der Waals surface area contributed by atoms with Crippen molar-refractivity contribution in [2.24, 2.45) is 0 Å². The van der Waals surface area contributed by atoms with E-state index >= 15 is 0 Å². The Labute approximate surface area is 196 Å². The van der Waals surface area contributed by atoms with E-state index in [4.69, 9.17) is 0 Å². The number of rotatable bonds is 9. The number of nitrogens with one attached hydrogen (secondary N) is 1. The van der Waals surface area contributed by atoms with Gasteiger partial charge in [0.1, 0.15) is 0 Å². The second-order valence-electron chi connectivity index (χ2n) is 7.61. The summed E-state index contributed by atoms with van der Waals surface area (Å²) in [6.07, 6.45) is -2.48. The third-order valence-corrected chi connectivity index (χ3v) is 8.01. The number of benzene rings is 3. The molecule has 0 aliphatic carbocycles. The van der Waals surface area contributed by atoms with Crippen LogP contribution in [0.3, 0.4) is 0 Å². The van der Waals surface area contributed by atoms with Crippen LogP contribution in [0.1, 0.15) is 23.1 Å². The summed E-state index contributed by atoms with van der Waals surface area (Å²) in [5.74, 6) is 0. The SMILES string of the molecule is C=CCC(CNS(=O)(=O)c1ccc(C)cc1)(Sc1ccccc1)c1ccc(C(F)(F)F)cc1. The molecule has 0 radical (unpaired) electrons. The minimum absolute atomic E-state index is 0.0415. The van der Waals surface area contributed by atoms with Gasteiger partial charge in [0.2, 0.25) is 10.0 Å². The van der Waals surface area contributed by atoms with Crippen molar-refractivity contribution in [2.45, 2.75) is 34.1 Å². The van der Waals surface area contributed by atoms with Gasteiger partial charge in [-0.15, -0.1) is 18.3 Å². The van der Waals surface area contributed by atoms with Crippen molar-refractivity contribution in [2.75, 3.05) is 6.54 Å². The maximum Gasteiger partial charge on any atom is 0.416 e. The summed E-state index contributed by atoms with van der Waals surface area (Å²) < 4.78 is 67.0. The van der Waals surface area contributed by atoms with E-state index in [2.05, 4.69) is 11.3 Å². The lowest BCUT2D eigenvalue weighted by Gasteiger charge is -2.33. The predicted molar refractivity (Wildman–Crippen MR) is 127 cm³/mol. The summed E-state index contributed by atoms with van der Waals surface area (Å²) in [5.41, 5.74) is 0.735. The Balaban J connectivity index is 2.01. The molecule has 1 atom stereocenters. The molecule has 0 aliphatic heterocycles. The summed E-state index contributed by atoms with van der Waals surface area (Å²) in [6, 6.07) is 20.6. The van der Waals surface area contributed by atoms with Gasteiger partial charge in [-0.25, -0.2) is 13.1 Å². The Morgan fingerprint density at radius 3 is 2.03 bits per heavy atom. The molecular formula is C25H24F3NO2S2. The van der Waals surface area contributed by atoms with Crippen LogP contribution in [0.15, 0.2) is 101 Å². The molecule has 0 spiro atoms. The average Bonchev–Trinajstić information content (AvgIpc) is 2.78. The molecule has 1 N–H and O–H groups in total. The van der Waals surface area contributed by atoms with Crippen molar-refractivity contribution >= 4 is 21.8 Å². The third-order valence-electron chi connectivity index (χ3n) is 5.15. The lowest BCUT2D eigenvalue weighted by molar-refractivity contribution is -0.137. The highest BCUT2D eigenvalue weighted by Crippen LogP contribution is 2.45. The largest absolute Gasteiger partial charge is 0.416 e. The average molecular weight is 492 g/mol. The molecule has 1 unspecified atom stereocenters. The molecule has 0 saturated carbocycles. The molecule has 0 saturated heterocycles. The third kappa shape index (κ3) is 6.28. The molecule has 3 nitrogen and oxygen atoms in total. The predicted octanol–water partition coefficient (Wildman–Crippen LogP) is 6.56. The number of sulfonamides is 1. The van der Waals surface area contributed by atoms with E-state index in [0.29, 0.717) is 12.0 Å². The van der Waals surface area contributed by atoms with E-state index < -0.39 is 26.5 Å². The monoisotopic (exact) mass is 491 g/mol. The molecule has 3 rings (SSSR count). The van der Waals surface area contributed by atoms with Crippen LogP contribution in [0.2, 0.25) is 0 Å². The van der Waals surface area contributed by atoms with Crippen LogP contribution in [0.5, 0.6) is 0 Å². The summed E-state index contributed by atoms with van der Waals surface area (Å²) in [4.78, 5) is 0.978. The number of aryl methyl sites for hydroxylation is 1. The van der Waals surface area contributed by atoms with Crippen LogP contribution in [0, 0.1) is 6.92 Å². The summed E-state index contributed by atoms with van der Waals surface area (Å²) in [5, 5.41) is 0. The number of halogens is 3. The van der Waals surface area contributed by atoms with Gasteiger partial charge < -0.3 is 0 Å². The molecule has 174 valence electrons. The highest BCUT2D eigenvalue weighted by molar-refractivity contribution is 8.00. The first-order chi connectivity index (χ1) is 15.6. The van der Waals surface area contributed by atoms with Crippen LogP contribution in [-0.4, -0.2) is 15.0 Å². The Morgan fingerprint density at radius 1 is 0.909 bits per heavy atom. The Morgan fingerprint density at radius 2 is 1.48 bits per heavy atom. The highest BCUT2D eigenvalue weighted by atomic mass is 32.2. The molecule has 0 bridgehead atoms. The maximum absolute atomic E-state index is 13.1. The number of hydrogen-bond donors (Lipinski definition) is 1. The van der Waals surface area contributed by atoms with Crippen molar-refractivity contribution in [3.8, 4) is 0 Å². The summed E-state index contributed by atoms with van der Waals surface area (Å²) >= 11 is 1.39. The fraction of sp³-hybridized carbons (Fsp3) is 0.200. The van der Waals surface area contributed by atoms with Crippen molar-refractivity contribution < 1.29 is 21.6 Å². The molecule has 0 fully saturated rings. The first kappa shape index (κ1) is 25.1. The van der Waals surface area contributed by atoms with Gasteiger partial charge in [0.25, 0.3) is 0 Å². The summed E-state index contributed by atoms with van der Waals surface area (Å²) in [6.45, 7) is 5.63. The van der Waals surface area contributed by atoms with Gasteiger partial charge in [-0.3, -0.25) is 0 Å². The zero-order valence-electron chi connectivity index (χ0n) is 18.0. The standard InChI is InChI=1S/C25H24F3NO2S2/c1-3-17-24(32-22-7-5-4-6-8-22,20-11-13-21(14-12-20)25(26,27)28)18-29-33(30,31)23-15-9-19(2)10-16-23/h3-16,29H,1,17-18H2,2H3. The molecular weight excluding hydrogens is 467 g/mol. The number of thioether (sulfide) groups is 1. The van der Waals surface area contributed by atoms with Crippen LogP contribution in [0.4, 0.5) is 13.2 Å². The summed E-state index contributed by atoms with van der Waals surface area (Å²) in [7, 11) is -3.84. The fourth-order valence-electron chi connectivity index (χ4n) is 3.35. The second kappa shape index (κ2) is 10.2. The molecule has 3 aromatic carbocycles. The van der Waals surface area contributed by atoms with Crippen molar-refractivity contribution in [3.05, 3.63) is 108 Å². The van der Waals surface area contributed by atoms with Crippen molar-refractivity contribution in [1.82, 2.24) is 4.72 Å². The van der Waals surface area contributed by atoms with Gasteiger partial charge >= 0.3 is 6.18 Å². The quantitative estimate of drug-likeness (QED) is 0.273. The van der Waals surface area contributed by atoms with Crippen molar-refractivity contribution in [1.29, 1.82) is 0 Å². The van der Waals surface area contributed by atoms with Gasteiger partial charge in [-0.2, -0.15) is 13.2 Å². The second-order valence-corrected chi connectivity index (χ2v) is 10.8. The van der Waals surface area contributed by atoms with Crippen LogP contribution < -0.4 is 4.72 Å². The number of alkyl halides is 3. The minimum atomic E-state index is -4.46. The lowest BCUT2D eigenvalue weighted by atomic mass is 9.93. The molecule has 0 amide bonds. The normalized spacial score (nSPS) is 13.9. The first-order valence-corrected chi connectivity index (χ1v) is 12.4. The van der Waals surface area contributed by atoms with E-state index in [0.717, 1.165) is 22.6 Å². The molecule has 0 aliphatic rings. The highest BCUT2D eigenvalue weighted by Gasteiger charge is 2.36. The number of allylic oxidation sites excluding steroid dienone is 1. The van der Waals surface area contributed by atoms with Gasteiger partial charge in [0, 0.05) is 11.4 Å². The first-order valence-electron chi connectivity index (χ1n) is 10.1. The van der Waals surface area contributed by atoms with Crippen LogP contribution in [0.25, 0.3) is 0 Å². The van der Waals surface area contributed by atoms with E-state index in [-0.39, 0.29) is 11.4 Å². The van der Waals surface area contributed by atoms with Gasteiger partial charge in [0.15, 0.2) is 0 Å². The maximum atomic E-state index is 13.1. The molecule has 3 aromatic rings. The zero-order valence-corrected chi connectivity index (χ0v) is 19.6. The van der Waals surface area contributed by atoms with Crippen molar-refractivity contribution in [3.63, 3.8) is 0 Å². The molecule has 33 heavy (non-hydrogen) atoms. The Hall–Kier alpha value is -2.55.